The standard InChI is InChI=1S/C18H18FN3O6/c1-11(17(24)21-13-4-2-12(19)3-5-13)28-18(25)15-10-14(22(26)27)6-7-16(15)20-8-9-23/h2-7,10-11,20,23H,8-9H2,1H3,(H,21,24)/t11-/m1/s1. The Kier molecular flexibility index (Phi) is 6.99. The van der Waals surface area contributed by atoms with Gasteiger partial charge in [0.1, 0.15) is 5.82 Å². The Hall–Kier alpha value is -3.53. The van der Waals surface area contributed by atoms with Crippen LogP contribution < -0.4 is 10.6 Å². The predicted octanol–water partition coefficient (Wildman–Crippen LogP) is 2.32. The van der Waals surface area contributed by atoms with Gasteiger partial charge in [-0.15, -0.1) is 0 Å². The SMILES string of the molecule is C[C@@H](OC(=O)c1cc([N+](=O)[O-])ccc1NCCO)C(=O)Nc1ccc(F)cc1. The minimum Gasteiger partial charge on any atom is -0.449 e. The second kappa shape index (κ2) is 9.42. The number of nitrogens with zero attached hydrogens (tertiary/aromatic N) is 1. The van der Waals surface area contributed by atoms with Crippen molar-refractivity contribution in [3.05, 3.63) is 64.0 Å². The molecule has 0 aliphatic carbocycles. The molecule has 1 amide bonds. The first-order valence-electron chi connectivity index (χ1n) is 8.22. The number of hydrogen-bond acceptors (Lipinski definition) is 7. The molecule has 9 nitrogen and oxygen atoms in total. The fraction of sp³-hybridized carbons (Fsp3) is 0.222. The highest BCUT2D eigenvalue weighted by molar-refractivity contribution is 6.00. The molecule has 0 saturated carbocycles. The summed E-state index contributed by atoms with van der Waals surface area (Å²) in [7, 11) is 0. The number of halogens is 1. The first-order valence-corrected chi connectivity index (χ1v) is 8.22. The summed E-state index contributed by atoms with van der Waals surface area (Å²) >= 11 is 0. The molecule has 0 fully saturated rings. The highest BCUT2D eigenvalue weighted by atomic mass is 19.1. The molecule has 0 radical (unpaired) electrons. The Balaban J connectivity index is 2.13. The number of hydrogen-bond donors (Lipinski definition) is 3. The Morgan fingerprint density at radius 2 is 1.93 bits per heavy atom. The Morgan fingerprint density at radius 3 is 2.54 bits per heavy atom. The number of nitrogens with one attached hydrogen (secondary N) is 2. The van der Waals surface area contributed by atoms with Crippen molar-refractivity contribution in [2.45, 2.75) is 13.0 Å². The van der Waals surface area contributed by atoms with E-state index in [0.717, 1.165) is 18.2 Å². The van der Waals surface area contributed by atoms with Crippen molar-refractivity contribution in [1.82, 2.24) is 0 Å². The molecule has 10 heteroatoms. The summed E-state index contributed by atoms with van der Waals surface area (Å²) in [6.07, 6.45) is -1.22. The zero-order chi connectivity index (χ0) is 20.7. The van der Waals surface area contributed by atoms with Crippen LogP contribution in [0.25, 0.3) is 0 Å². The van der Waals surface area contributed by atoms with Crippen LogP contribution in [0.1, 0.15) is 17.3 Å². The average molecular weight is 391 g/mol. The van der Waals surface area contributed by atoms with Gasteiger partial charge in [-0.3, -0.25) is 14.9 Å². The van der Waals surface area contributed by atoms with Crippen molar-refractivity contribution in [2.75, 3.05) is 23.8 Å². The van der Waals surface area contributed by atoms with Crippen LogP contribution in [0.5, 0.6) is 0 Å². The third kappa shape index (κ3) is 5.48. The minimum absolute atomic E-state index is 0.110. The fourth-order valence-electron chi connectivity index (χ4n) is 2.21. The lowest BCUT2D eigenvalue weighted by Gasteiger charge is -2.15. The van der Waals surface area contributed by atoms with E-state index < -0.39 is 28.7 Å². The van der Waals surface area contributed by atoms with Gasteiger partial charge in [0.25, 0.3) is 11.6 Å². The molecule has 2 rings (SSSR count). The topological polar surface area (TPSA) is 131 Å². The number of benzene rings is 2. The first kappa shape index (κ1) is 20.8. The number of nitro groups is 1. The Labute approximate surface area is 159 Å². The van der Waals surface area contributed by atoms with E-state index in [-0.39, 0.29) is 30.1 Å². The number of rotatable bonds is 8. The van der Waals surface area contributed by atoms with E-state index >= 15 is 0 Å². The Morgan fingerprint density at radius 1 is 1.25 bits per heavy atom. The smallest absolute Gasteiger partial charge is 0.341 e. The third-order valence-corrected chi connectivity index (χ3v) is 3.63. The van der Waals surface area contributed by atoms with Crippen molar-refractivity contribution in [3.63, 3.8) is 0 Å². The molecule has 3 N–H and O–H groups in total. The summed E-state index contributed by atoms with van der Waals surface area (Å²) < 4.78 is 18.0. The average Bonchev–Trinajstić information content (AvgIpc) is 2.67. The molecule has 2 aromatic rings. The maximum absolute atomic E-state index is 12.9. The largest absolute Gasteiger partial charge is 0.449 e. The van der Waals surface area contributed by atoms with Crippen molar-refractivity contribution < 1.29 is 28.7 Å². The van der Waals surface area contributed by atoms with E-state index in [2.05, 4.69) is 10.6 Å². The van der Waals surface area contributed by atoms with Gasteiger partial charge in [0.05, 0.1) is 17.1 Å². The number of anilines is 2. The van der Waals surface area contributed by atoms with Crippen LogP contribution in [0, 0.1) is 15.9 Å². The van der Waals surface area contributed by atoms with Gasteiger partial charge in [0.15, 0.2) is 6.10 Å². The molecule has 0 spiro atoms. The first-order chi connectivity index (χ1) is 13.3. The fourth-order valence-corrected chi connectivity index (χ4v) is 2.21. The van der Waals surface area contributed by atoms with Gasteiger partial charge < -0.3 is 20.5 Å². The lowest BCUT2D eigenvalue weighted by Crippen LogP contribution is -2.30. The van der Waals surface area contributed by atoms with Crippen molar-refractivity contribution in [3.8, 4) is 0 Å². The maximum atomic E-state index is 12.9. The molecule has 1 atom stereocenters. The summed E-state index contributed by atoms with van der Waals surface area (Å²) in [4.78, 5) is 34.9. The van der Waals surface area contributed by atoms with E-state index in [1.165, 1.54) is 31.2 Å². The zero-order valence-electron chi connectivity index (χ0n) is 14.8. The number of ether oxygens (including phenoxy) is 1. The van der Waals surface area contributed by atoms with Gasteiger partial charge in [0.2, 0.25) is 0 Å². The van der Waals surface area contributed by atoms with Gasteiger partial charge in [-0.25, -0.2) is 9.18 Å². The van der Waals surface area contributed by atoms with Gasteiger partial charge >= 0.3 is 5.97 Å². The highest BCUT2D eigenvalue weighted by Gasteiger charge is 2.23. The molecule has 28 heavy (non-hydrogen) atoms. The van der Waals surface area contributed by atoms with Crippen molar-refractivity contribution >= 4 is 28.9 Å². The summed E-state index contributed by atoms with van der Waals surface area (Å²) in [5, 5.41) is 25.1. The second-order valence-electron chi connectivity index (χ2n) is 5.68. The summed E-state index contributed by atoms with van der Waals surface area (Å²) in [5.74, 6) is -2.08. The Bertz CT molecular complexity index is 872. The number of aliphatic hydroxyl groups is 1. The number of esters is 1. The lowest BCUT2D eigenvalue weighted by atomic mass is 10.1. The number of carbonyl (C=O) groups excluding carboxylic acids is 2. The van der Waals surface area contributed by atoms with E-state index in [0.29, 0.717) is 5.69 Å². The van der Waals surface area contributed by atoms with Crippen LogP contribution in [0.15, 0.2) is 42.5 Å². The molecular formula is C18H18FN3O6. The number of carbonyl (C=O) groups is 2. The van der Waals surface area contributed by atoms with Gasteiger partial charge in [-0.05, 0) is 37.3 Å². The molecule has 0 saturated heterocycles. The predicted molar refractivity (Wildman–Crippen MR) is 98.6 cm³/mol. The third-order valence-electron chi connectivity index (χ3n) is 3.63. The lowest BCUT2D eigenvalue weighted by molar-refractivity contribution is -0.384. The molecule has 0 heterocycles. The van der Waals surface area contributed by atoms with Crippen LogP contribution in [0.2, 0.25) is 0 Å². The monoisotopic (exact) mass is 391 g/mol. The van der Waals surface area contributed by atoms with Gasteiger partial charge in [0, 0.05) is 30.1 Å². The minimum atomic E-state index is -1.22. The second-order valence-corrected chi connectivity index (χ2v) is 5.68. The quantitative estimate of drug-likeness (QED) is 0.357. The van der Waals surface area contributed by atoms with Gasteiger partial charge in [-0.2, -0.15) is 0 Å². The molecular weight excluding hydrogens is 373 g/mol. The molecule has 148 valence electrons. The van der Waals surface area contributed by atoms with E-state index in [9.17, 15) is 24.1 Å². The summed E-state index contributed by atoms with van der Waals surface area (Å²) in [6, 6.07) is 8.54. The molecule has 0 aromatic heterocycles. The van der Waals surface area contributed by atoms with E-state index in [4.69, 9.17) is 9.84 Å². The van der Waals surface area contributed by atoms with E-state index in [1.807, 2.05) is 0 Å². The van der Waals surface area contributed by atoms with Crippen LogP contribution >= 0.6 is 0 Å². The summed E-state index contributed by atoms with van der Waals surface area (Å²) in [5.41, 5.74) is 0.0553. The molecule has 0 aliphatic heterocycles. The highest BCUT2D eigenvalue weighted by Crippen LogP contribution is 2.23. The molecule has 0 aliphatic rings. The van der Waals surface area contributed by atoms with Crippen LogP contribution in [0.3, 0.4) is 0 Å². The van der Waals surface area contributed by atoms with Crippen molar-refractivity contribution in [1.29, 1.82) is 0 Å². The number of non-ortho nitro benzene ring substituents is 1. The number of nitro benzene ring substituents is 1. The van der Waals surface area contributed by atoms with Crippen LogP contribution in [0.4, 0.5) is 21.5 Å². The number of aliphatic hydroxyl groups excluding tert-OH is 1. The molecule has 0 bridgehead atoms. The van der Waals surface area contributed by atoms with Crippen LogP contribution in [-0.2, 0) is 9.53 Å². The maximum Gasteiger partial charge on any atom is 0.341 e. The summed E-state index contributed by atoms with van der Waals surface area (Å²) in [6.45, 7) is 1.22. The zero-order valence-corrected chi connectivity index (χ0v) is 14.8. The molecule has 2 aromatic carbocycles. The van der Waals surface area contributed by atoms with Crippen molar-refractivity contribution in [2.24, 2.45) is 0 Å². The van der Waals surface area contributed by atoms with E-state index in [1.54, 1.807) is 0 Å². The van der Waals surface area contributed by atoms with Gasteiger partial charge in [-0.1, -0.05) is 0 Å². The number of amides is 1. The van der Waals surface area contributed by atoms with Crippen LogP contribution in [-0.4, -0.2) is 41.2 Å². The molecule has 0 unspecified atom stereocenters. The normalized spacial score (nSPS) is 11.4.